The summed E-state index contributed by atoms with van der Waals surface area (Å²) in [6.45, 7) is 1.90. The number of allylic oxidation sites excluding steroid dienone is 2. The third kappa shape index (κ3) is 3.64. The molecule has 0 fully saturated rings. The molecule has 3 N–H and O–H groups in total. The van der Waals surface area contributed by atoms with Crippen molar-refractivity contribution in [2.24, 2.45) is 0 Å². The number of aromatic nitrogens is 6. The van der Waals surface area contributed by atoms with E-state index in [2.05, 4.69) is 20.2 Å². The highest BCUT2D eigenvalue weighted by Crippen LogP contribution is 2.46. The Kier molecular flexibility index (Phi) is 5.41. The number of fused-ring (bicyclic) bond motifs is 3. The Labute approximate surface area is 227 Å². The van der Waals surface area contributed by atoms with Crippen LogP contribution in [-0.2, 0) is 4.79 Å². The normalized spacial score (nSPS) is 15.7. The molecule has 2 unspecified atom stereocenters. The SMILES string of the molecule is CC(C1=C(c2cccc(F)c2)C(C=O)c2ccccc2O1)n1nc(-c2ccc3cn[nH]c3c2)c2c(N)ncnc21. The third-order valence-corrected chi connectivity index (χ3v) is 7.30. The number of para-hydroxylation sites is 1. The average molecular weight is 532 g/mol. The quantitative estimate of drug-likeness (QED) is 0.284. The number of aromatic amines is 1. The van der Waals surface area contributed by atoms with E-state index in [1.165, 1.54) is 18.5 Å². The van der Waals surface area contributed by atoms with Gasteiger partial charge in [-0.05, 0) is 36.8 Å². The highest BCUT2D eigenvalue weighted by atomic mass is 19.1. The number of halogens is 1. The van der Waals surface area contributed by atoms with E-state index >= 15 is 0 Å². The summed E-state index contributed by atoms with van der Waals surface area (Å²) in [5.41, 5.74) is 10.9. The molecule has 6 aromatic rings. The third-order valence-electron chi connectivity index (χ3n) is 7.30. The molecule has 40 heavy (non-hydrogen) atoms. The molecule has 10 heteroatoms. The highest BCUT2D eigenvalue weighted by Gasteiger charge is 2.35. The van der Waals surface area contributed by atoms with Crippen LogP contribution >= 0.6 is 0 Å². The zero-order valence-corrected chi connectivity index (χ0v) is 21.2. The van der Waals surface area contributed by atoms with Gasteiger partial charge in [0.15, 0.2) is 5.65 Å². The van der Waals surface area contributed by atoms with Crippen LogP contribution in [-0.4, -0.2) is 36.2 Å². The van der Waals surface area contributed by atoms with Crippen LogP contribution in [0.5, 0.6) is 5.75 Å². The summed E-state index contributed by atoms with van der Waals surface area (Å²) >= 11 is 0. The molecule has 3 aromatic heterocycles. The summed E-state index contributed by atoms with van der Waals surface area (Å²) in [5, 5.41) is 13.6. The summed E-state index contributed by atoms with van der Waals surface area (Å²) in [7, 11) is 0. The molecule has 9 nitrogen and oxygen atoms in total. The first kappa shape index (κ1) is 23.7. The van der Waals surface area contributed by atoms with E-state index in [1.54, 1.807) is 23.0 Å². The lowest BCUT2D eigenvalue weighted by Gasteiger charge is -2.31. The zero-order valence-electron chi connectivity index (χ0n) is 21.2. The smallest absolute Gasteiger partial charge is 0.164 e. The number of nitrogens with one attached hydrogen (secondary N) is 1. The molecule has 2 atom stereocenters. The van der Waals surface area contributed by atoms with Gasteiger partial charge in [0.2, 0.25) is 0 Å². The summed E-state index contributed by atoms with van der Waals surface area (Å²) in [5.74, 6) is 0.203. The van der Waals surface area contributed by atoms with Crippen molar-refractivity contribution in [2.75, 3.05) is 5.73 Å². The molecule has 0 spiro atoms. The number of benzene rings is 3. The maximum absolute atomic E-state index is 14.4. The number of ether oxygens (including phenoxy) is 1. The van der Waals surface area contributed by atoms with Gasteiger partial charge in [0.05, 0.1) is 23.0 Å². The van der Waals surface area contributed by atoms with Crippen molar-refractivity contribution in [1.29, 1.82) is 0 Å². The Morgan fingerprint density at radius 1 is 1.07 bits per heavy atom. The van der Waals surface area contributed by atoms with Gasteiger partial charge in [0, 0.05) is 22.1 Å². The van der Waals surface area contributed by atoms with E-state index in [0.717, 1.165) is 22.8 Å². The Bertz CT molecular complexity index is 1980. The molecule has 3 aromatic carbocycles. The molecule has 196 valence electrons. The number of aldehydes is 1. The van der Waals surface area contributed by atoms with Crippen molar-refractivity contribution in [3.63, 3.8) is 0 Å². The van der Waals surface area contributed by atoms with Gasteiger partial charge in [0.25, 0.3) is 0 Å². The van der Waals surface area contributed by atoms with E-state index in [4.69, 9.17) is 15.6 Å². The van der Waals surface area contributed by atoms with Gasteiger partial charge in [-0.3, -0.25) is 5.10 Å². The van der Waals surface area contributed by atoms with E-state index in [0.29, 0.717) is 44.9 Å². The molecule has 0 saturated carbocycles. The number of rotatable bonds is 5. The fourth-order valence-electron chi connectivity index (χ4n) is 5.41. The number of H-pyrrole nitrogens is 1. The molecule has 0 saturated heterocycles. The van der Waals surface area contributed by atoms with E-state index in [-0.39, 0.29) is 5.82 Å². The van der Waals surface area contributed by atoms with Crippen molar-refractivity contribution in [2.45, 2.75) is 18.9 Å². The Morgan fingerprint density at radius 2 is 1.95 bits per heavy atom. The van der Waals surface area contributed by atoms with Crippen LogP contribution < -0.4 is 10.5 Å². The number of carbonyl (C=O) groups is 1. The lowest BCUT2D eigenvalue weighted by atomic mass is 9.83. The number of nitrogens with two attached hydrogens (primary N) is 1. The first-order valence-electron chi connectivity index (χ1n) is 12.7. The van der Waals surface area contributed by atoms with Crippen LogP contribution in [0.1, 0.15) is 30.0 Å². The Balaban J connectivity index is 1.47. The minimum atomic E-state index is -0.673. The van der Waals surface area contributed by atoms with Gasteiger partial charge < -0.3 is 15.3 Å². The second-order valence-electron chi connectivity index (χ2n) is 9.64. The largest absolute Gasteiger partial charge is 0.459 e. The van der Waals surface area contributed by atoms with E-state index in [1.807, 2.05) is 49.4 Å². The first-order chi connectivity index (χ1) is 19.5. The molecule has 4 heterocycles. The topological polar surface area (TPSA) is 125 Å². The van der Waals surface area contributed by atoms with Crippen LogP contribution in [0.2, 0.25) is 0 Å². The van der Waals surface area contributed by atoms with Crippen molar-refractivity contribution in [1.82, 2.24) is 29.9 Å². The second-order valence-corrected chi connectivity index (χ2v) is 9.64. The Morgan fingerprint density at radius 3 is 2.80 bits per heavy atom. The summed E-state index contributed by atoms with van der Waals surface area (Å²) in [6, 6.07) is 18.8. The van der Waals surface area contributed by atoms with E-state index < -0.39 is 17.8 Å². The van der Waals surface area contributed by atoms with Gasteiger partial charge in [-0.1, -0.05) is 42.5 Å². The van der Waals surface area contributed by atoms with Crippen LogP contribution in [0.25, 0.3) is 38.8 Å². The molecule has 0 radical (unpaired) electrons. The predicted molar refractivity (Wildman–Crippen MR) is 149 cm³/mol. The maximum Gasteiger partial charge on any atom is 0.164 e. The summed E-state index contributed by atoms with van der Waals surface area (Å²) < 4.78 is 22.6. The van der Waals surface area contributed by atoms with Crippen LogP contribution in [0.4, 0.5) is 10.2 Å². The molecule has 0 aliphatic carbocycles. The van der Waals surface area contributed by atoms with Crippen LogP contribution in [0, 0.1) is 5.82 Å². The zero-order chi connectivity index (χ0) is 27.4. The molecule has 1 aliphatic rings. The van der Waals surface area contributed by atoms with Gasteiger partial charge in [-0.15, -0.1) is 0 Å². The fraction of sp³-hybridized carbons (Fsp3) is 0.100. The summed E-state index contributed by atoms with van der Waals surface area (Å²) in [4.78, 5) is 21.3. The van der Waals surface area contributed by atoms with Gasteiger partial charge in [-0.25, -0.2) is 19.0 Å². The highest BCUT2D eigenvalue weighted by molar-refractivity contribution is 6.00. The van der Waals surface area contributed by atoms with Crippen molar-refractivity contribution >= 4 is 39.6 Å². The van der Waals surface area contributed by atoms with Crippen molar-refractivity contribution < 1.29 is 13.9 Å². The molecule has 7 rings (SSSR count). The number of hydrogen-bond acceptors (Lipinski definition) is 7. The summed E-state index contributed by atoms with van der Waals surface area (Å²) in [6.07, 6.45) is 4.00. The average Bonchev–Trinajstić information content (AvgIpc) is 3.61. The number of carbonyl (C=O) groups excluding carboxylic acids is 1. The lowest BCUT2D eigenvalue weighted by molar-refractivity contribution is -0.108. The van der Waals surface area contributed by atoms with E-state index in [9.17, 15) is 9.18 Å². The number of nitrogen functional groups attached to an aromatic ring is 1. The standard InChI is InChI=1S/C30H22FN7O2/c1-16(28-25(17-5-4-6-20(31)11-17)22(14-39)21-7-2-3-8-24(21)40-28)38-30-26(29(32)33-15-34-30)27(37-38)18-9-10-19-13-35-36-23(19)12-18/h2-16,22H,1H3,(H,35,36)(H2,32,33,34). The van der Waals surface area contributed by atoms with Gasteiger partial charge >= 0.3 is 0 Å². The molecule has 0 amide bonds. The van der Waals surface area contributed by atoms with Gasteiger partial charge in [0.1, 0.15) is 47.5 Å². The lowest BCUT2D eigenvalue weighted by Crippen LogP contribution is -2.23. The van der Waals surface area contributed by atoms with Gasteiger partial charge in [-0.2, -0.15) is 10.2 Å². The number of hydrogen-bond donors (Lipinski definition) is 2. The first-order valence-corrected chi connectivity index (χ1v) is 12.7. The Hall–Kier alpha value is -5.38. The maximum atomic E-state index is 14.4. The predicted octanol–water partition coefficient (Wildman–Crippen LogP) is 5.44. The minimum absolute atomic E-state index is 0.281. The molecule has 0 bridgehead atoms. The number of anilines is 1. The molecule has 1 aliphatic heterocycles. The fourth-order valence-corrected chi connectivity index (χ4v) is 5.41. The minimum Gasteiger partial charge on any atom is -0.459 e. The molecular formula is C30H22FN7O2. The molecular weight excluding hydrogens is 509 g/mol. The van der Waals surface area contributed by atoms with Crippen LogP contribution in [0.3, 0.4) is 0 Å². The van der Waals surface area contributed by atoms with Crippen molar-refractivity contribution in [3.05, 3.63) is 102 Å². The van der Waals surface area contributed by atoms with Crippen molar-refractivity contribution in [3.8, 4) is 17.0 Å². The monoisotopic (exact) mass is 531 g/mol. The second kappa shape index (κ2) is 9.12. The number of nitrogens with zero attached hydrogens (tertiary/aromatic N) is 5. The van der Waals surface area contributed by atoms with Crippen LogP contribution in [0.15, 0.2) is 85.0 Å².